The molecule has 210 valence electrons. The minimum absolute atomic E-state index is 0.0497. The van der Waals surface area contributed by atoms with Gasteiger partial charge in [0.1, 0.15) is 29.5 Å². The summed E-state index contributed by atoms with van der Waals surface area (Å²) in [5.41, 5.74) is -0.484. The van der Waals surface area contributed by atoms with Crippen LogP contribution in [0, 0.1) is 11.8 Å². The van der Waals surface area contributed by atoms with Gasteiger partial charge in [-0.25, -0.2) is 9.97 Å². The fourth-order valence-corrected chi connectivity index (χ4v) is 5.84. The molecular weight excluding hydrogens is 515 g/mol. The standard InChI is InChI=1S/C27H32F3N5O4/c1-4-17-21(18-9-16-10-20(27(28,29)30)31-12-19(16)37-18)23(34-24(33-17)32-11-14-5-6-14)35-26-8-7-15(13-36)22(26)38-25(2,3)39-26/h4,10,12,14-15,18,22,36H,1,5-9,11,13H2,2-3H3,(H2,32,33,34,35). The van der Waals surface area contributed by atoms with Crippen LogP contribution in [-0.2, 0) is 22.1 Å². The van der Waals surface area contributed by atoms with E-state index in [2.05, 4.69) is 27.2 Å². The van der Waals surface area contributed by atoms with E-state index in [9.17, 15) is 18.3 Å². The Kier molecular flexibility index (Phi) is 6.27. The minimum Gasteiger partial charge on any atom is -0.483 e. The number of aliphatic hydroxyl groups is 1. The number of hydrogen-bond acceptors (Lipinski definition) is 9. The summed E-state index contributed by atoms with van der Waals surface area (Å²) in [5, 5.41) is 16.8. The second-order valence-corrected chi connectivity index (χ2v) is 11.2. The van der Waals surface area contributed by atoms with Crippen molar-refractivity contribution in [3.8, 4) is 5.75 Å². The first kappa shape index (κ1) is 26.3. The number of aromatic nitrogens is 3. The van der Waals surface area contributed by atoms with E-state index >= 15 is 0 Å². The molecule has 3 N–H and O–H groups in total. The van der Waals surface area contributed by atoms with Gasteiger partial charge in [0, 0.05) is 31.1 Å². The molecule has 4 heterocycles. The highest BCUT2D eigenvalue weighted by atomic mass is 19.4. The molecule has 12 heteroatoms. The van der Waals surface area contributed by atoms with Crippen LogP contribution in [0.2, 0.25) is 0 Å². The van der Waals surface area contributed by atoms with Gasteiger partial charge in [-0.3, -0.25) is 0 Å². The van der Waals surface area contributed by atoms with Crippen LogP contribution in [-0.4, -0.2) is 50.8 Å². The number of aliphatic hydroxyl groups excluding tert-OH is 1. The number of anilines is 2. The molecule has 6 rings (SSSR count). The zero-order valence-corrected chi connectivity index (χ0v) is 21.8. The van der Waals surface area contributed by atoms with Crippen molar-refractivity contribution in [2.45, 2.75) is 75.8 Å². The summed E-state index contributed by atoms with van der Waals surface area (Å²) in [5.74, 6) is 0.661. The first-order valence-corrected chi connectivity index (χ1v) is 13.3. The van der Waals surface area contributed by atoms with Gasteiger partial charge < -0.3 is 30.0 Å². The Morgan fingerprint density at radius 3 is 2.72 bits per heavy atom. The fraction of sp³-hybridized carbons (Fsp3) is 0.593. The number of nitrogens with zero attached hydrogens (tertiary/aromatic N) is 3. The van der Waals surface area contributed by atoms with Crippen molar-refractivity contribution in [3.63, 3.8) is 0 Å². The van der Waals surface area contributed by atoms with E-state index in [0.717, 1.165) is 31.6 Å². The predicted octanol–water partition coefficient (Wildman–Crippen LogP) is 4.69. The molecule has 2 saturated carbocycles. The molecular formula is C27H32F3N5O4. The summed E-state index contributed by atoms with van der Waals surface area (Å²) < 4.78 is 58.7. The molecule has 2 aliphatic carbocycles. The predicted molar refractivity (Wildman–Crippen MR) is 136 cm³/mol. The van der Waals surface area contributed by atoms with Gasteiger partial charge in [-0.1, -0.05) is 6.58 Å². The smallest absolute Gasteiger partial charge is 0.433 e. The number of rotatable bonds is 8. The molecule has 0 aromatic carbocycles. The number of halogens is 3. The lowest BCUT2D eigenvalue weighted by Crippen LogP contribution is -2.46. The molecule has 3 fully saturated rings. The average Bonchev–Trinajstić information content (AvgIpc) is 3.44. The molecule has 39 heavy (non-hydrogen) atoms. The lowest BCUT2D eigenvalue weighted by atomic mass is 10.0. The van der Waals surface area contributed by atoms with Gasteiger partial charge in [0.2, 0.25) is 5.95 Å². The van der Waals surface area contributed by atoms with E-state index in [1.165, 1.54) is 0 Å². The van der Waals surface area contributed by atoms with E-state index in [-0.39, 0.29) is 24.7 Å². The van der Waals surface area contributed by atoms with Crippen LogP contribution in [0.5, 0.6) is 5.75 Å². The summed E-state index contributed by atoms with van der Waals surface area (Å²) in [7, 11) is 0. The van der Waals surface area contributed by atoms with Crippen LogP contribution in [0.3, 0.4) is 0 Å². The second-order valence-electron chi connectivity index (χ2n) is 11.2. The fourth-order valence-electron chi connectivity index (χ4n) is 5.84. The third-order valence-electron chi connectivity index (χ3n) is 7.83. The first-order chi connectivity index (χ1) is 18.5. The number of pyridine rings is 1. The van der Waals surface area contributed by atoms with E-state index < -0.39 is 35.6 Å². The van der Waals surface area contributed by atoms with Crippen LogP contribution in [0.4, 0.5) is 24.9 Å². The summed E-state index contributed by atoms with van der Waals surface area (Å²) in [4.78, 5) is 13.0. The Labute approximate surface area is 224 Å². The minimum atomic E-state index is -4.56. The Balaban J connectivity index is 1.39. The Bertz CT molecular complexity index is 1280. The Morgan fingerprint density at radius 1 is 1.23 bits per heavy atom. The van der Waals surface area contributed by atoms with Crippen LogP contribution in [0.25, 0.3) is 6.08 Å². The lowest BCUT2D eigenvalue weighted by Gasteiger charge is -2.32. The molecule has 4 aliphatic rings. The molecule has 4 unspecified atom stereocenters. The van der Waals surface area contributed by atoms with Crippen molar-refractivity contribution < 1.29 is 32.5 Å². The number of hydrogen-bond donors (Lipinski definition) is 3. The zero-order valence-electron chi connectivity index (χ0n) is 21.8. The number of nitrogens with one attached hydrogen (secondary N) is 2. The lowest BCUT2D eigenvalue weighted by molar-refractivity contribution is -0.168. The van der Waals surface area contributed by atoms with Gasteiger partial charge in [-0.15, -0.1) is 0 Å². The summed E-state index contributed by atoms with van der Waals surface area (Å²) >= 11 is 0. The maximum absolute atomic E-state index is 13.3. The van der Waals surface area contributed by atoms with Gasteiger partial charge in [-0.2, -0.15) is 18.2 Å². The molecule has 0 spiro atoms. The molecule has 2 aromatic heterocycles. The van der Waals surface area contributed by atoms with Crippen LogP contribution >= 0.6 is 0 Å². The topological polar surface area (TPSA) is 111 Å². The summed E-state index contributed by atoms with van der Waals surface area (Å²) in [6.07, 6.45) is 0.752. The van der Waals surface area contributed by atoms with Gasteiger partial charge >= 0.3 is 6.18 Å². The van der Waals surface area contributed by atoms with Crippen molar-refractivity contribution in [1.29, 1.82) is 0 Å². The van der Waals surface area contributed by atoms with E-state index in [4.69, 9.17) is 19.2 Å². The van der Waals surface area contributed by atoms with Crippen molar-refractivity contribution in [1.82, 2.24) is 15.0 Å². The Hall–Kier alpha value is -2.96. The molecule has 0 radical (unpaired) electrons. The third kappa shape index (κ3) is 4.93. The maximum Gasteiger partial charge on any atom is 0.433 e. The van der Waals surface area contributed by atoms with E-state index in [1.54, 1.807) is 6.08 Å². The molecule has 4 atom stereocenters. The van der Waals surface area contributed by atoms with Crippen LogP contribution < -0.4 is 15.4 Å². The molecule has 1 saturated heterocycles. The Morgan fingerprint density at radius 2 is 2.03 bits per heavy atom. The maximum atomic E-state index is 13.3. The highest BCUT2D eigenvalue weighted by molar-refractivity contribution is 5.63. The average molecular weight is 548 g/mol. The molecule has 9 nitrogen and oxygen atoms in total. The summed E-state index contributed by atoms with van der Waals surface area (Å²) in [6.45, 7) is 8.27. The van der Waals surface area contributed by atoms with Gasteiger partial charge in [0.05, 0.1) is 17.5 Å². The van der Waals surface area contributed by atoms with Gasteiger partial charge in [-0.05, 0) is 57.6 Å². The highest BCUT2D eigenvalue weighted by Gasteiger charge is 2.60. The van der Waals surface area contributed by atoms with Gasteiger partial charge in [0.15, 0.2) is 11.5 Å². The normalized spacial score (nSPS) is 29.0. The first-order valence-electron chi connectivity index (χ1n) is 13.3. The molecule has 0 amide bonds. The largest absolute Gasteiger partial charge is 0.483 e. The van der Waals surface area contributed by atoms with Crippen molar-refractivity contribution >= 4 is 17.8 Å². The van der Waals surface area contributed by atoms with Crippen molar-refractivity contribution in [2.24, 2.45) is 11.8 Å². The van der Waals surface area contributed by atoms with Crippen LogP contribution in [0.15, 0.2) is 18.8 Å². The quantitative estimate of drug-likeness (QED) is 0.433. The molecule has 2 aliphatic heterocycles. The summed E-state index contributed by atoms with van der Waals surface area (Å²) in [6, 6.07) is 1.02. The monoisotopic (exact) mass is 547 g/mol. The number of alkyl halides is 3. The second kappa shape index (κ2) is 9.31. The number of fused-ring (bicyclic) bond motifs is 2. The molecule has 2 aromatic rings. The van der Waals surface area contributed by atoms with E-state index in [0.29, 0.717) is 47.3 Å². The SMILES string of the molecule is C=Cc1nc(NCC2CC2)nc(NC23CCC(CO)C2OC(C)(C)O3)c1C1Cc2cc(C(F)(F)F)ncc2O1. The van der Waals surface area contributed by atoms with Crippen molar-refractivity contribution in [2.75, 3.05) is 23.8 Å². The molecule has 0 bridgehead atoms. The van der Waals surface area contributed by atoms with E-state index in [1.807, 2.05) is 13.8 Å². The number of ether oxygens (including phenoxy) is 3. The van der Waals surface area contributed by atoms with Crippen LogP contribution in [0.1, 0.15) is 68.1 Å². The van der Waals surface area contributed by atoms with Crippen molar-refractivity contribution in [3.05, 3.63) is 41.4 Å². The third-order valence-corrected chi connectivity index (χ3v) is 7.83. The van der Waals surface area contributed by atoms with Gasteiger partial charge in [0.25, 0.3) is 0 Å². The zero-order chi connectivity index (χ0) is 27.6. The highest BCUT2D eigenvalue weighted by Crippen LogP contribution is 2.50.